The zero-order chi connectivity index (χ0) is 47.5. The van der Waals surface area contributed by atoms with Gasteiger partial charge in [-0.2, -0.15) is 0 Å². The molecule has 11 aromatic carbocycles. The number of nitrogens with zero attached hydrogens (tertiary/aromatic N) is 1. The summed E-state index contributed by atoms with van der Waals surface area (Å²) in [4.78, 5) is 1.36. The Hall–Kier alpha value is -8.00. The molecule has 0 fully saturated rings. The van der Waals surface area contributed by atoms with Crippen molar-refractivity contribution < 1.29 is 11.0 Å². The van der Waals surface area contributed by atoms with Gasteiger partial charge in [-0.05, 0) is 130 Å². The van der Waals surface area contributed by atoms with Crippen molar-refractivity contribution in [3.05, 3.63) is 249 Å². The summed E-state index contributed by atoms with van der Waals surface area (Å²) < 4.78 is 77.2. The molecule has 0 saturated heterocycles. The first-order chi connectivity index (χ1) is 33.6. The summed E-state index contributed by atoms with van der Waals surface area (Å²) in [6.07, 6.45) is 0. The fourth-order valence-electron chi connectivity index (χ4n) is 8.35. The molecule has 0 bridgehead atoms. The molecule has 0 unspecified atom stereocenters. The van der Waals surface area contributed by atoms with Gasteiger partial charge in [0, 0.05) is 17.1 Å². The van der Waals surface area contributed by atoms with Crippen LogP contribution in [0, 0.1) is 0 Å². The van der Waals surface area contributed by atoms with Crippen molar-refractivity contribution in [1.29, 1.82) is 0 Å². The van der Waals surface area contributed by atoms with Crippen molar-refractivity contribution in [2.24, 2.45) is 0 Å². The Balaban J connectivity index is 1.10. The zero-order valence-electron chi connectivity index (χ0n) is 41.0. The molecule has 1 nitrogen and oxygen atoms in total. The topological polar surface area (TPSA) is 3.24 Å². The van der Waals surface area contributed by atoms with E-state index in [2.05, 4.69) is 30.3 Å². The van der Waals surface area contributed by atoms with E-state index in [0.717, 1.165) is 65.7 Å². The van der Waals surface area contributed by atoms with Crippen molar-refractivity contribution in [2.75, 3.05) is 4.90 Å². The van der Waals surface area contributed by atoms with Crippen LogP contribution >= 0.6 is 0 Å². The van der Waals surface area contributed by atoms with Crippen LogP contribution in [0.15, 0.2) is 249 Å². The third-order valence-electron chi connectivity index (χ3n) is 11.4. The minimum absolute atomic E-state index is 0.102. The van der Waals surface area contributed by atoms with Crippen LogP contribution in [0.25, 0.3) is 88.0 Å². The van der Waals surface area contributed by atoms with E-state index < -0.39 is 24.2 Å². The highest BCUT2D eigenvalue weighted by Gasteiger charge is 2.17. The SMILES string of the molecule is [2H]c1c([2H])c(N(c2ccc(-c3cccc4ccccc34)cc2)c2c([2H])c([2H])c(-c3ccc4ccccc4c3-c3ccccc3)c([2H])c2[2H])c([2H])c([2H])c1-c1ccc(-c2ccc3ccccc3c2)cc1. The normalized spacial score (nSPS) is 13.1. The van der Waals surface area contributed by atoms with Gasteiger partial charge in [-0.15, -0.1) is 0 Å². The highest BCUT2D eigenvalue weighted by Crippen LogP contribution is 2.42. The van der Waals surface area contributed by atoms with Gasteiger partial charge >= 0.3 is 0 Å². The fourth-order valence-corrected chi connectivity index (χ4v) is 8.35. The highest BCUT2D eigenvalue weighted by atomic mass is 15.1. The average Bonchev–Trinajstić information content (AvgIpc) is 3.39. The molecular weight excluding hydrogens is 735 g/mol. The number of hydrogen-bond acceptors (Lipinski definition) is 1. The van der Waals surface area contributed by atoms with Gasteiger partial charge in [0.1, 0.15) is 0 Å². The molecule has 0 heterocycles. The lowest BCUT2D eigenvalue weighted by atomic mass is 9.90. The van der Waals surface area contributed by atoms with E-state index in [1.54, 1.807) is 24.3 Å². The van der Waals surface area contributed by atoms with Gasteiger partial charge in [-0.1, -0.05) is 206 Å². The fraction of sp³-hybridized carbons (Fsp3) is 0. The molecule has 0 aliphatic rings. The maximum Gasteiger partial charge on any atom is 0.0645 e. The van der Waals surface area contributed by atoms with E-state index in [4.69, 9.17) is 0 Å². The van der Waals surface area contributed by atoms with Crippen LogP contribution in [0.1, 0.15) is 11.0 Å². The third kappa shape index (κ3) is 6.93. The monoisotopic (exact) mass is 783 g/mol. The van der Waals surface area contributed by atoms with Crippen molar-refractivity contribution in [2.45, 2.75) is 0 Å². The summed E-state index contributed by atoms with van der Waals surface area (Å²) in [7, 11) is 0. The van der Waals surface area contributed by atoms with Gasteiger partial charge < -0.3 is 4.90 Å². The second-order valence-corrected chi connectivity index (χ2v) is 15.1. The van der Waals surface area contributed by atoms with Crippen molar-refractivity contribution in [1.82, 2.24) is 0 Å². The third-order valence-corrected chi connectivity index (χ3v) is 11.4. The Morgan fingerprint density at radius 3 is 1.48 bits per heavy atom. The largest absolute Gasteiger partial charge is 0.311 e. The van der Waals surface area contributed by atoms with Crippen LogP contribution in [0.5, 0.6) is 0 Å². The first-order valence-electron chi connectivity index (χ1n) is 24.3. The van der Waals surface area contributed by atoms with E-state index in [9.17, 15) is 11.0 Å². The van der Waals surface area contributed by atoms with Crippen molar-refractivity contribution >= 4 is 49.4 Å². The first-order valence-corrected chi connectivity index (χ1v) is 20.3. The second kappa shape index (κ2) is 15.6. The number of benzene rings is 11. The molecule has 11 rings (SSSR count). The molecule has 0 spiro atoms. The Kier molecular flexibility index (Phi) is 7.29. The summed E-state index contributed by atoms with van der Waals surface area (Å²) in [5.74, 6) is 0. The quantitative estimate of drug-likeness (QED) is 0.148. The van der Waals surface area contributed by atoms with Crippen LogP contribution < -0.4 is 4.90 Å². The predicted octanol–water partition coefficient (Wildman–Crippen LogP) is 17.0. The van der Waals surface area contributed by atoms with E-state index >= 15 is 0 Å². The van der Waals surface area contributed by atoms with E-state index in [1.165, 1.54) is 4.90 Å². The van der Waals surface area contributed by atoms with Gasteiger partial charge in [-0.3, -0.25) is 0 Å². The minimum Gasteiger partial charge on any atom is -0.311 e. The Bertz CT molecular complexity index is 3750. The zero-order valence-corrected chi connectivity index (χ0v) is 33.0. The molecule has 286 valence electrons. The summed E-state index contributed by atoms with van der Waals surface area (Å²) in [6.45, 7) is 0. The molecule has 1 heteroatoms. The Labute approximate surface area is 368 Å². The van der Waals surface area contributed by atoms with Gasteiger partial charge in [-0.25, -0.2) is 0 Å². The molecule has 0 radical (unpaired) electrons. The van der Waals surface area contributed by atoms with Gasteiger partial charge in [0.2, 0.25) is 0 Å². The van der Waals surface area contributed by atoms with Gasteiger partial charge in [0.15, 0.2) is 0 Å². The molecule has 0 saturated carbocycles. The van der Waals surface area contributed by atoms with E-state index in [1.807, 2.05) is 146 Å². The maximum atomic E-state index is 9.77. The van der Waals surface area contributed by atoms with E-state index in [0.29, 0.717) is 16.8 Å². The van der Waals surface area contributed by atoms with Gasteiger partial charge in [0.05, 0.1) is 11.0 Å². The average molecular weight is 784 g/mol. The summed E-state index contributed by atoms with van der Waals surface area (Å²) >= 11 is 0. The summed E-state index contributed by atoms with van der Waals surface area (Å²) in [6, 6.07) is 61.7. The molecule has 0 N–H and O–H groups in total. The molecule has 0 amide bonds. The summed E-state index contributed by atoms with van der Waals surface area (Å²) in [5.41, 5.74) is 6.54. The summed E-state index contributed by atoms with van der Waals surface area (Å²) in [5, 5.41) is 6.19. The maximum absolute atomic E-state index is 9.77. The predicted molar refractivity (Wildman–Crippen MR) is 261 cm³/mol. The number of fused-ring (bicyclic) bond motifs is 3. The number of hydrogen-bond donors (Lipinski definition) is 0. The Morgan fingerprint density at radius 2 is 0.770 bits per heavy atom. The van der Waals surface area contributed by atoms with Crippen LogP contribution in [0.3, 0.4) is 0 Å². The number of anilines is 3. The molecule has 11 aromatic rings. The smallest absolute Gasteiger partial charge is 0.0645 e. The van der Waals surface area contributed by atoms with Crippen LogP contribution in [-0.2, 0) is 0 Å². The highest BCUT2D eigenvalue weighted by molar-refractivity contribution is 6.04. The molecule has 0 aromatic heterocycles. The van der Waals surface area contributed by atoms with Crippen LogP contribution in [0.4, 0.5) is 17.1 Å². The van der Waals surface area contributed by atoms with E-state index in [-0.39, 0.29) is 46.7 Å². The molecular formula is C60H41N. The number of rotatable bonds is 8. The van der Waals surface area contributed by atoms with Crippen molar-refractivity contribution in [3.8, 4) is 55.6 Å². The lowest BCUT2D eigenvalue weighted by Crippen LogP contribution is -2.09. The standard InChI is InChI=1S/C60H41N/c1-2-14-50(15-3-1)60-58-19-9-7-13-47(58)33-40-59(60)49-31-38-55(39-32-49)61(54-36-29-48(30-37-54)57-20-10-17-46-12-6-8-18-56(46)57)53-34-27-44(28-35-53)43-21-23-45(24-22-43)52-26-25-42-11-4-5-16-51(42)41-52/h1-41H/i27D,28D,31D,32D,34D,35D,38D,39D. The molecule has 61 heavy (non-hydrogen) atoms. The lowest BCUT2D eigenvalue weighted by Gasteiger charge is -2.26. The second-order valence-electron chi connectivity index (χ2n) is 15.1. The van der Waals surface area contributed by atoms with Crippen LogP contribution in [0.2, 0.25) is 0 Å². The van der Waals surface area contributed by atoms with Crippen LogP contribution in [-0.4, -0.2) is 0 Å². The lowest BCUT2D eigenvalue weighted by molar-refractivity contribution is 1.28. The van der Waals surface area contributed by atoms with Crippen molar-refractivity contribution in [3.63, 3.8) is 0 Å². The Morgan fingerprint density at radius 1 is 0.262 bits per heavy atom. The first kappa shape index (κ1) is 28.4. The molecule has 0 aliphatic carbocycles. The van der Waals surface area contributed by atoms with Gasteiger partial charge in [0.25, 0.3) is 0 Å². The molecule has 0 atom stereocenters. The minimum atomic E-state index is -0.401. The molecule has 0 aliphatic heterocycles.